The summed E-state index contributed by atoms with van der Waals surface area (Å²) in [7, 11) is 3.01. The van der Waals surface area contributed by atoms with Gasteiger partial charge in [0.25, 0.3) is 5.91 Å². The summed E-state index contributed by atoms with van der Waals surface area (Å²) in [5.74, 6) is 1.30. The van der Waals surface area contributed by atoms with Crippen LogP contribution in [0.15, 0.2) is 36.4 Å². The zero-order valence-electron chi connectivity index (χ0n) is 14.8. The third-order valence-electron chi connectivity index (χ3n) is 3.76. The van der Waals surface area contributed by atoms with Crippen molar-refractivity contribution in [3.05, 3.63) is 47.0 Å². The summed E-state index contributed by atoms with van der Waals surface area (Å²) >= 11 is 6.08. The zero-order chi connectivity index (χ0) is 18.4. The molecule has 0 saturated heterocycles. The number of amides is 1. The highest BCUT2D eigenvalue weighted by molar-refractivity contribution is 6.32. The van der Waals surface area contributed by atoms with Crippen molar-refractivity contribution in [1.82, 2.24) is 0 Å². The highest BCUT2D eigenvalue weighted by Crippen LogP contribution is 2.36. The van der Waals surface area contributed by atoms with E-state index in [1.165, 1.54) is 14.2 Å². The lowest BCUT2D eigenvalue weighted by Gasteiger charge is -2.18. The minimum atomic E-state index is -0.681. The third-order valence-corrected chi connectivity index (χ3v) is 4.05. The molecule has 2 aromatic rings. The number of hydrogen-bond acceptors (Lipinski definition) is 4. The number of hydrogen-bond donors (Lipinski definition) is 1. The number of rotatable bonds is 7. The Hall–Kier alpha value is -2.40. The summed E-state index contributed by atoms with van der Waals surface area (Å²) in [4.78, 5) is 12.5. The standard InChI is InChI=1S/C19H22ClNO4/c1-5-13-8-6-7-9-16(13)25-12(2)19(22)21-15-11-17(23-3)14(20)10-18(15)24-4/h6-12H,5H2,1-4H3,(H,21,22)/t12-/m0/s1. The number of nitrogens with one attached hydrogen (secondary N) is 1. The van der Waals surface area contributed by atoms with Crippen LogP contribution in [-0.4, -0.2) is 26.2 Å². The van der Waals surface area contributed by atoms with Crippen molar-refractivity contribution in [3.63, 3.8) is 0 Å². The Kier molecular flexibility index (Phi) is 6.53. The summed E-state index contributed by atoms with van der Waals surface area (Å²) in [5.41, 5.74) is 1.51. The molecule has 0 bridgehead atoms. The van der Waals surface area contributed by atoms with Crippen LogP contribution in [-0.2, 0) is 11.2 Å². The van der Waals surface area contributed by atoms with Crippen LogP contribution in [0.25, 0.3) is 0 Å². The first-order chi connectivity index (χ1) is 12.0. The van der Waals surface area contributed by atoms with Crippen molar-refractivity contribution in [1.29, 1.82) is 0 Å². The second-order valence-electron chi connectivity index (χ2n) is 5.40. The van der Waals surface area contributed by atoms with E-state index < -0.39 is 6.10 Å². The molecule has 0 fully saturated rings. The first kappa shape index (κ1) is 18.9. The number of methoxy groups -OCH3 is 2. The molecule has 5 nitrogen and oxygen atoms in total. The Balaban J connectivity index is 2.16. The number of anilines is 1. The number of para-hydroxylation sites is 1. The van der Waals surface area contributed by atoms with E-state index in [0.29, 0.717) is 28.0 Å². The predicted molar refractivity (Wildman–Crippen MR) is 99.1 cm³/mol. The maximum absolute atomic E-state index is 12.5. The van der Waals surface area contributed by atoms with Gasteiger partial charge in [0, 0.05) is 12.1 Å². The average Bonchev–Trinajstić information content (AvgIpc) is 2.62. The van der Waals surface area contributed by atoms with Gasteiger partial charge < -0.3 is 19.5 Å². The maximum atomic E-state index is 12.5. The molecule has 0 aliphatic rings. The molecule has 0 unspecified atom stereocenters. The van der Waals surface area contributed by atoms with E-state index in [1.54, 1.807) is 19.1 Å². The molecule has 0 aliphatic carbocycles. The molecule has 2 aromatic carbocycles. The van der Waals surface area contributed by atoms with Crippen LogP contribution in [0.3, 0.4) is 0 Å². The lowest BCUT2D eigenvalue weighted by Crippen LogP contribution is -2.30. The Morgan fingerprint density at radius 3 is 2.44 bits per heavy atom. The smallest absolute Gasteiger partial charge is 0.265 e. The molecule has 1 amide bonds. The van der Waals surface area contributed by atoms with Gasteiger partial charge in [-0.3, -0.25) is 4.79 Å². The van der Waals surface area contributed by atoms with Crippen LogP contribution >= 0.6 is 11.6 Å². The lowest BCUT2D eigenvalue weighted by atomic mass is 10.1. The van der Waals surface area contributed by atoms with E-state index in [2.05, 4.69) is 5.32 Å². The van der Waals surface area contributed by atoms with Crippen molar-refractivity contribution < 1.29 is 19.0 Å². The summed E-state index contributed by atoms with van der Waals surface area (Å²) in [6.07, 6.45) is 0.145. The van der Waals surface area contributed by atoms with Crippen LogP contribution < -0.4 is 19.5 Å². The first-order valence-corrected chi connectivity index (χ1v) is 8.34. The van der Waals surface area contributed by atoms with Crippen molar-refractivity contribution in [3.8, 4) is 17.2 Å². The van der Waals surface area contributed by atoms with E-state index in [9.17, 15) is 4.79 Å². The predicted octanol–water partition coefficient (Wildman–Crippen LogP) is 4.33. The molecule has 0 aliphatic heterocycles. The third kappa shape index (κ3) is 4.57. The van der Waals surface area contributed by atoms with Crippen molar-refractivity contribution in [2.24, 2.45) is 0 Å². The van der Waals surface area contributed by atoms with Crippen LogP contribution in [0, 0.1) is 0 Å². The van der Waals surface area contributed by atoms with E-state index in [-0.39, 0.29) is 5.91 Å². The van der Waals surface area contributed by atoms with E-state index in [4.69, 9.17) is 25.8 Å². The summed E-state index contributed by atoms with van der Waals surface area (Å²) < 4.78 is 16.3. The molecule has 1 atom stereocenters. The molecule has 25 heavy (non-hydrogen) atoms. The van der Waals surface area contributed by atoms with Crippen LogP contribution in [0.4, 0.5) is 5.69 Å². The topological polar surface area (TPSA) is 56.8 Å². The molecule has 0 aromatic heterocycles. The van der Waals surface area contributed by atoms with Gasteiger partial charge >= 0.3 is 0 Å². The van der Waals surface area contributed by atoms with Gasteiger partial charge in [-0.05, 0) is 25.0 Å². The lowest BCUT2D eigenvalue weighted by molar-refractivity contribution is -0.122. The van der Waals surface area contributed by atoms with Gasteiger partial charge in [0.2, 0.25) is 0 Å². The van der Waals surface area contributed by atoms with Gasteiger partial charge in [-0.15, -0.1) is 0 Å². The zero-order valence-corrected chi connectivity index (χ0v) is 15.5. The molecule has 0 spiro atoms. The number of carbonyl (C=O) groups is 1. The van der Waals surface area contributed by atoms with Gasteiger partial charge in [0.1, 0.15) is 17.2 Å². The molecule has 6 heteroatoms. The second kappa shape index (κ2) is 8.62. The van der Waals surface area contributed by atoms with Gasteiger partial charge in [0.05, 0.1) is 24.9 Å². The van der Waals surface area contributed by atoms with Crippen molar-refractivity contribution in [2.75, 3.05) is 19.5 Å². The van der Waals surface area contributed by atoms with E-state index in [1.807, 2.05) is 31.2 Å². The number of aryl methyl sites for hydroxylation is 1. The quantitative estimate of drug-likeness (QED) is 0.795. The average molecular weight is 364 g/mol. The monoisotopic (exact) mass is 363 g/mol. The van der Waals surface area contributed by atoms with Crippen LogP contribution in [0.2, 0.25) is 5.02 Å². The normalized spacial score (nSPS) is 11.6. The van der Waals surface area contributed by atoms with Gasteiger partial charge in [-0.2, -0.15) is 0 Å². The van der Waals surface area contributed by atoms with E-state index in [0.717, 1.165) is 12.0 Å². The molecule has 134 valence electrons. The van der Waals surface area contributed by atoms with Crippen molar-refractivity contribution in [2.45, 2.75) is 26.4 Å². The summed E-state index contributed by atoms with van der Waals surface area (Å²) in [6.45, 7) is 3.74. The van der Waals surface area contributed by atoms with Gasteiger partial charge in [0.15, 0.2) is 6.10 Å². The fraction of sp³-hybridized carbons (Fsp3) is 0.316. The molecule has 0 heterocycles. The molecule has 0 radical (unpaired) electrons. The van der Waals surface area contributed by atoms with Gasteiger partial charge in [-0.25, -0.2) is 0 Å². The fourth-order valence-electron chi connectivity index (χ4n) is 2.35. The molecule has 1 N–H and O–H groups in total. The van der Waals surface area contributed by atoms with Crippen LogP contribution in [0.1, 0.15) is 19.4 Å². The highest BCUT2D eigenvalue weighted by atomic mass is 35.5. The minimum Gasteiger partial charge on any atom is -0.495 e. The largest absolute Gasteiger partial charge is 0.495 e. The number of carbonyl (C=O) groups excluding carboxylic acids is 1. The molecular formula is C19H22ClNO4. The van der Waals surface area contributed by atoms with E-state index >= 15 is 0 Å². The Bertz CT molecular complexity index is 748. The molecule has 2 rings (SSSR count). The number of halogens is 1. The second-order valence-corrected chi connectivity index (χ2v) is 5.80. The highest BCUT2D eigenvalue weighted by Gasteiger charge is 2.19. The maximum Gasteiger partial charge on any atom is 0.265 e. The molecular weight excluding hydrogens is 342 g/mol. The Morgan fingerprint density at radius 1 is 1.12 bits per heavy atom. The Morgan fingerprint density at radius 2 is 1.80 bits per heavy atom. The first-order valence-electron chi connectivity index (χ1n) is 7.97. The fourth-order valence-corrected chi connectivity index (χ4v) is 2.58. The van der Waals surface area contributed by atoms with Gasteiger partial charge in [-0.1, -0.05) is 36.7 Å². The number of benzene rings is 2. The van der Waals surface area contributed by atoms with Crippen molar-refractivity contribution >= 4 is 23.2 Å². The molecule has 0 saturated carbocycles. The summed E-state index contributed by atoms with van der Waals surface area (Å²) in [5, 5.41) is 3.19. The minimum absolute atomic E-state index is 0.298. The Labute approximate surface area is 152 Å². The SMILES string of the molecule is CCc1ccccc1O[C@@H](C)C(=O)Nc1cc(OC)c(Cl)cc1OC. The van der Waals surface area contributed by atoms with Crippen LogP contribution in [0.5, 0.6) is 17.2 Å². The summed E-state index contributed by atoms with van der Waals surface area (Å²) in [6, 6.07) is 10.9. The number of ether oxygens (including phenoxy) is 3.